The van der Waals surface area contributed by atoms with Gasteiger partial charge in [0.05, 0.1) is 4.92 Å². The van der Waals surface area contributed by atoms with E-state index in [4.69, 9.17) is 0 Å². The molecule has 0 saturated carbocycles. The number of benzene rings is 2. The van der Waals surface area contributed by atoms with Crippen molar-refractivity contribution in [1.29, 1.82) is 0 Å². The van der Waals surface area contributed by atoms with Gasteiger partial charge in [0.2, 0.25) is 0 Å². The lowest BCUT2D eigenvalue weighted by Gasteiger charge is -2.11. The molecular weight excluding hydrogens is 304 g/mol. The monoisotopic (exact) mass is 320 g/mol. The minimum Gasteiger partial charge on any atom is -0.356 e. The molecule has 5 heteroatoms. The zero-order chi connectivity index (χ0) is 17.3. The largest absolute Gasteiger partial charge is 0.356 e. The lowest BCUT2D eigenvalue weighted by molar-refractivity contribution is -0.384. The summed E-state index contributed by atoms with van der Waals surface area (Å²) in [5.41, 5.74) is 3.10. The number of hydrogen-bond acceptors (Lipinski definition) is 3. The number of nitrogens with zero attached hydrogens (tertiary/aromatic N) is 2. The van der Waals surface area contributed by atoms with E-state index in [1.54, 1.807) is 23.0 Å². The third-order valence-corrected chi connectivity index (χ3v) is 3.96. The van der Waals surface area contributed by atoms with Crippen molar-refractivity contribution < 1.29 is 4.92 Å². The van der Waals surface area contributed by atoms with E-state index in [1.807, 2.05) is 44.3 Å². The number of nitro groups is 1. The minimum absolute atomic E-state index is 0.0252. The van der Waals surface area contributed by atoms with E-state index < -0.39 is 4.92 Å². The van der Waals surface area contributed by atoms with Crippen molar-refractivity contribution in [3.8, 4) is 22.3 Å². The topological polar surface area (TPSA) is 65.1 Å². The number of nitro benzene ring substituents is 1. The third kappa shape index (κ3) is 2.84. The summed E-state index contributed by atoms with van der Waals surface area (Å²) in [5, 5.41) is 11.1. The first-order valence-corrected chi connectivity index (χ1v) is 7.48. The molecule has 0 fully saturated rings. The predicted molar refractivity (Wildman–Crippen MR) is 93.9 cm³/mol. The van der Waals surface area contributed by atoms with Gasteiger partial charge in [0.25, 0.3) is 5.69 Å². The van der Waals surface area contributed by atoms with Crippen molar-refractivity contribution in [1.82, 2.24) is 4.57 Å². The summed E-state index contributed by atoms with van der Waals surface area (Å²) in [5.74, 6) is 0. The molecule has 0 atom stereocenters. The van der Waals surface area contributed by atoms with Gasteiger partial charge >= 0.3 is 0 Å². The SMILES string of the molecule is Cc1ccc([N+](=O)[O-])cc1-c1cn(C)cc(-c2ccccc2)c1=O. The summed E-state index contributed by atoms with van der Waals surface area (Å²) >= 11 is 0. The van der Waals surface area contributed by atoms with Crippen LogP contribution in [0.1, 0.15) is 5.56 Å². The molecule has 0 spiro atoms. The predicted octanol–water partition coefficient (Wildman–Crippen LogP) is 3.94. The fourth-order valence-electron chi connectivity index (χ4n) is 2.74. The molecular formula is C19H16N2O3. The molecule has 0 saturated heterocycles. The zero-order valence-corrected chi connectivity index (χ0v) is 13.4. The van der Waals surface area contributed by atoms with Crippen LogP contribution in [-0.4, -0.2) is 9.49 Å². The Kier molecular flexibility index (Phi) is 4.00. The first kappa shape index (κ1) is 15.7. The van der Waals surface area contributed by atoms with Gasteiger partial charge in [0.1, 0.15) is 0 Å². The highest BCUT2D eigenvalue weighted by molar-refractivity contribution is 5.74. The van der Waals surface area contributed by atoms with Crippen LogP contribution >= 0.6 is 0 Å². The maximum Gasteiger partial charge on any atom is 0.270 e. The third-order valence-electron chi connectivity index (χ3n) is 3.96. The van der Waals surface area contributed by atoms with E-state index in [0.717, 1.165) is 11.1 Å². The van der Waals surface area contributed by atoms with Crippen LogP contribution in [0, 0.1) is 17.0 Å². The Morgan fingerprint density at radius 3 is 2.29 bits per heavy atom. The lowest BCUT2D eigenvalue weighted by Crippen LogP contribution is -2.12. The highest BCUT2D eigenvalue weighted by atomic mass is 16.6. The summed E-state index contributed by atoms with van der Waals surface area (Å²) in [6, 6.07) is 14.0. The van der Waals surface area contributed by atoms with Gasteiger partial charge in [0, 0.05) is 42.7 Å². The van der Waals surface area contributed by atoms with Gasteiger partial charge < -0.3 is 4.57 Å². The molecule has 0 bridgehead atoms. The molecule has 0 radical (unpaired) electrons. The van der Waals surface area contributed by atoms with Gasteiger partial charge in [-0.3, -0.25) is 14.9 Å². The van der Waals surface area contributed by atoms with E-state index in [2.05, 4.69) is 0 Å². The van der Waals surface area contributed by atoms with Crippen molar-refractivity contribution in [2.45, 2.75) is 6.92 Å². The first-order chi connectivity index (χ1) is 11.5. The number of hydrogen-bond donors (Lipinski definition) is 0. The van der Waals surface area contributed by atoms with Gasteiger partial charge in [-0.2, -0.15) is 0 Å². The lowest BCUT2D eigenvalue weighted by atomic mass is 9.97. The molecule has 0 amide bonds. The highest BCUT2D eigenvalue weighted by Crippen LogP contribution is 2.27. The summed E-state index contributed by atoms with van der Waals surface area (Å²) in [7, 11) is 1.84. The molecule has 0 unspecified atom stereocenters. The fraction of sp³-hybridized carbons (Fsp3) is 0.105. The van der Waals surface area contributed by atoms with E-state index in [0.29, 0.717) is 16.7 Å². The zero-order valence-electron chi connectivity index (χ0n) is 13.4. The van der Waals surface area contributed by atoms with Crippen LogP contribution in [0.3, 0.4) is 0 Å². The van der Waals surface area contributed by atoms with Gasteiger partial charge in [-0.15, -0.1) is 0 Å². The Hall–Kier alpha value is -3.21. The molecule has 5 nitrogen and oxygen atoms in total. The van der Waals surface area contributed by atoms with Crippen LogP contribution in [0.2, 0.25) is 0 Å². The number of aryl methyl sites for hydroxylation is 2. The van der Waals surface area contributed by atoms with Crippen molar-refractivity contribution in [2.75, 3.05) is 0 Å². The Balaban J connectivity index is 2.27. The van der Waals surface area contributed by atoms with Gasteiger partial charge in [-0.1, -0.05) is 36.4 Å². The molecule has 0 aliphatic carbocycles. The standard InChI is InChI=1S/C19H16N2O3/c1-13-8-9-15(21(23)24)10-16(13)18-12-20(2)11-17(19(18)22)14-6-4-3-5-7-14/h3-12H,1-2H3. The second-order valence-electron chi connectivity index (χ2n) is 5.70. The van der Waals surface area contributed by atoms with E-state index >= 15 is 0 Å². The smallest absolute Gasteiger partial charge is 0.270 e. The molecule has 2 aromatic carbocycles. The summed E-state index contributed by atoms with van der Waals surface area (Å²) < 4.78 is 1.80. The van der Waals surface area contributed by atoms with Crippen LogP contribution in [0.5, 0.6) is 0 Å². The van der Waals surface area contributed by atoms with Crippen LogP contribution in [0.25, 0.3) is 22.3 Å². The molecule has 0 N–H and O–H groups in total. The maximum atomic E-state index is 13.0. The molecule has 120 valence electrons. The number of aromatic nitrogens is 1. The molecule has 1 heterocycles. The number of rotatable bonds is 3. The Bertz CT molecular complexity index is 976. The first-order valence-electron chi connectivity index (χ1n) is 7.48. The van der Waals surface area contributed by atoms with Gasteiger partial charge in [0.15, 0.2) is 5.43 Å². The van der Waals surface area contributed by atoms with Crippen molar-refractivity contribution >= 4 is 5.69 Å². The molecule has 3 aromatic rings. The molecule has 1 aromatic heterocycles. The van der Waals surface area contributed by atoms with Crippen LogP contribution in [0.4, 0.5) is 5.69 Å². The van der Waals surface area contributed by atoms with Gasteiger partial charge in [-0.25, -0.2) is 0 Å². The van der Waals surface area contributed by atoms with Crippen LogP contribution in [0.15, 0.2) is 65.7 Å². The Morgan fingerprint density at radius 1 is 0.958 bits per heavy atom. The minimum atomic E-state index is -0.450. The summed E-state index contributed by atoms with van der Waals surface area (Å²) in [6.45, 7) is 1.84. The quantitative estimate of drug-likeness (QED) is 0.542. The van der Waals surface area contributed by atoms with E-state index in [-0.39, 0.29) is 11.1 Å². The average molecular weight is 320 g/mol. The van der Waals surface area contributed by atoms with Crippen molar-refractivity contribution in [2.24, 2.45) is 7.05 Å². The summed E-state index contributed by atoms with van der Waals surface area (Å²) in [6.07, 6.45) is 3.48. The molecule has 0 aliphatic rings. The summed E-state index contributed by atoms with van der Waals surface area (Å²) in [4.78, 5) is 23.6. The molecule has 3 rings (SSSR count). The van der Waals surface area contributed by atoms with E-state index in [9.17, 15) is 14.9 Å². The van der Waals surface area contributed by atoms with Crippen molar-refractivity contribution in [3.05, 3.63) is 86.8 Å². The normalized spacial score (nSPS) is 10.6. The second-order valence-corrected chi connectivity index (χ2v) is 5.70. The Labute approximate surface area is 139 Å². The second kappa shape index (κ2) is 6.12. The maximum absolute atomic E-state index is 13.0. The van der Waals surface area contributed by atoms with Gasteiger partial charge in [-0.05, 0) is 23.6 Å². The highest BCUT2D eigenvalue weighted by Gasteiger charge is 2.15. The van der Waals surface area contributed by atoms with Crippen molar-refractivity contribution in [3.63, 3.8) is 0 Å². The van der Waals surface area contributed by atoms with Crippen LogP contribution < -0.4 is 5.43 Å². The average Bonchev–Trinajstić information content (AvgIpc) is 2.58. The molecule has 24 heavy (non-hydrogen) atoms. The van der Waals surface area contributed by atoms with Crippen LogP contribution in [-0.2, 0) is 7.05 Å². The number of non-ortho nitro benzene ring substituents is 1. The Morgan fingerprint density at radius 2 is 1.62 bits per heavy atom. The van der Waals surface area contributed by atoms with E-state index in [1.165, 1.54) is 12.1 Å². The number of pyridine rings is 1. The molecule has 0 aliphatic heterocycles. The fourth-order valence-corrected chi connectivity index (χ4v) is 2.74.